The first kappa shape index (κ1) is 19.2. The predicted molar refractivity (Wildman–Crippen MR) is 107 cm³/mol. The van der Waals surface area contributed by atoms with Gasteiger partial charge < -0.3 is 9.84 Å². The Morgan fingerprint density at radius 2 is 1.89 bits per heavy atom. The molecular weight excluding hydrogens is 358 g/mol. The maximum Gasteiger partial charge on any atom is 0.252 e. The Hall–Kier alpha value is -2.60. The molecule has 6 heteroatoms. The molecule has 3 rings (SSSR count). The third kappa shape index (κ3) is 5.69. The molecule has 0 aliphatic rings. The first-order valence-corrected chi connectivity index (χ1v) is 9.96. The van der Waals surface area contributed by atoms with E-state index in [9.17, 15) is 4.79 Å². The molecular formula is C21H23N3O2S. The van der Waals surface area contributed by atoms with Crippen LogP contribution in [0.3, 0.4) is 0 Å². The van der Waals surface area contributed by atoms with Crippen LogP contribution in [0.25, 0.3) is 0 Å². The molecule has 1 aromatic heterocycles. The van der Waals surface area contributed by atoms with Crippen LogP contribution >= 0.6 is 11.8 Å². The van der Waals surface area contributed by atoms with Gasteiger partial charge in [0.1, 0.15) is 0 Å². The number of nitrogens with zero attached hydrogens (tertiary/aromatic N) is 2. The summed E-state index contributed by atoms with van der Waals surface area (Å²) < 4.78 is 4.99. The molecule has 0 unspecified atom stereocenters. The lowest BCUT2D eigenvalue weighted by Crippen LogP contribution is -2.33. The zero-order chi connectivity index (χ0) is 19.1. The Bertz CT molecular complexity index is 880. The fourth-order valence-corrected chi connectivity index (χ4v) is 3.62. The van der Waals surface area contributed by atoms with Crippen molar-refractivity contribution in [2.75, 3.05) is 0 Å². The van der Waals surface area contributed by atoms with Gasteiger partial charge in [-0.15, -0.1) is 11.8 Å². The lowest BCUT2D eigenvalue weighted by molar-refractivity contribution is 0.0935. The van der Waals surface area contributed by atoms with E-state index in [-0.39, 0.29) is 11.9 Å². The number of hydrogen-bond acceptors (Lipinski definition) is 5. The van der Waals surface area contributed by atoms with Crippen LogP contribution < -0.4 is 5.32 Å². The monoisotopic (exact) mass is 381 g/mol. The SMILES string of the molecule is Cc1nc(CSc2ccccc2C(=O)N[C@H](C)CCc2ccccc2)no1. The highest BCUT2D eigenvalue weighted by Crippen LogP contribution is 2.25. The first-order chi connectivity index (χ1) is 13.1. The highest BCUT2D eigenvalue weighted by atomic mass is 32.2. The number of hydrogen-bond donors (Lipinski definition) is 1. The van der Waals surface area contributed by atoms with Crippen LogP contribution in [0.5, 0.6) is 0 Å². The molecule has 27 heavy (non-hydrogen) atoms. The minimum Gasteiger partial charge on any atom is -0.350 e. The van der Waals surface area contributed by atoms with Crippen molar-refractivity contribution < 1.29 is 9.32 Å². The number of nitrogens with one attached hydrogen (secondary N) is 1. The molecule has 1 heterocycles. The zero-order valence-corrected chi connectivity index (χ0v) is 16.3. The standard InChI is InChI=1S/C21H23N3O2S/c1-15(12-13-17-8-4-3-5-9-17)22-21(25)18-10-6-7-11-19(18)27-14-20-23-16(2)26-24-20/h3-11,15H,12-14H2,1-2H3,(H,22,25)/t15-/m1/s1. The molecule has 0 saturated carbocycles. The number of carbonyl (C=O) groups excluding carboxylic acids is 1. The molecule has 0 bridgehead atoms. The van der Waals surface area contributed by atoms with E-state index >= 15 is 0 Å². The van der Waals surface area contributed by atoms with Crippen molar-refractivity contribution in [1.82, 2.24) is 15.5 Å². The van der Waals surface area contributed by atoms with Gasteiger partial charge in [0.2, 0.25) is 5.89 Å². The van der Waals surface area contributed by atoms with Gasteiger partial charge in [-0.1, -0.05) is 47.6 Å². The zero-order valence-electron chi connectivity index (χ0n) is 15.5. The highest BCUT2D eigenvalue weighted by molar-refractivity contribution is 7.98. The predicted octanol–water partition coefficient (Wildman–Crippen LogP) is 4.42. The molecule has 5 nitrogen and oxygen atoms in total. The van der Waals surface area contributed by atoms with Crippen molar-refractivity contribution in [2.24, 2.45) is 0 Å². The fraction of sp³-hybridized carbons (Fsp3) is 0.286. The van der Waals surface area contributed by atoms with E-state index in [2.05, 4.69) is 27.6 Å². The summed E-state index contributed by atoms with van der Waals surface area (Å²) in [4.78, 5) is 17.8. The topological polar surface area (TPSA) is 68.0 Å². The molecule has 1 N–H and O–H groups in total. The van der Waals surface area contributed by atoms with Gasteiger partial charge in [-0.05, 0) is 37.5 Å². The molecule has 2 aromatic carbocycles. The summed E-state index contributed by atoms with van der Waals surface area (Å²) >= 11 is 1.53. The molecule has 0 aliphatic heterocycles. The van der Waals surface area contributed by atoms with Gasteiger partial charge in [-0.25, -0.2) is 0 Å². The smallest absolute Gasteiger partial charge is 0.252 e. The van der Waals surface area contributed by atoms with E-state index in [1.54, 1.807) is 6.92 Å². The van der Waals surface area contributed by atoms with E-state index in [1.807, 2.05) is 49.4 Å². The Labute approximate surface area is 163 Å². The lowest BCUT2D eigenvalue weighted by atomic mass is 10.1. The molecule has 1 atom stereocenters. The molecule has 0 aliphatic carbocycles. The van der Waals surface area contributed by atoms with Crippen LogP contribution in [0.1, 0.15) is 41.0 Å². The highest BCUT2D eigenvalue weighted by Gasteiger charge is 2.15. The second-order valence-corrected chi connectivity index (χ2v) is 7.43. The Morgan fingerprint density at radius 3 is 2.63 bits per heavy atom. The van der Waals surface area contributed by atoms with Crippen LogP contribution in [0.15, 0.2) is 64.0 Å². The summed E-state index contributed by atoms with van der Waals surface area (Å²) in [5, 5.41) is 7.01. The average molecular weight is 382 g/mol. The number of rotatable bonds is 8. The Morgan fingerprint density at radius 1 is 1.15 bits per heavy atom. The van der Waals surface area contributed by atoms with E-state index in [4.69, 9.17) is 4.52 Å². The second-order valence-electron chi connectivity index (χ2n) is 6.41. The average Bonchev–Trinajstić information content (AvgIpc) is 3.11. The van der Waals surface area contributed by atoms with Crippen molar-refractivity contribution in [1.29, 1.82) is 0 Å². The van der Waals surface area contributed by atoms with Crippen molar-refractivity contribution in [3.8, 4) is 0 Å². The van der Waals surface area contributed by atoms with Crippen LogP contribution in [0.4, 0.5) is 0 Å². The van der Waals surface area contributed by atoms with Crippen LogP contribution in [0, 0.1) is 6.92 Å². The van der Waals surface area contributed by atoms with Gasteiger partial charge in [0, 0.05) is 17.9 Å². The number of aromatic nitrogens is 2. The molecule has 140 valence electrons. The minimum atomic E-state index is -0.0528. The Balaban J connectivity index is 1.57. The summed E-state index contributed by atoms with van der Waals surface area (Å²) in [5.74, 6) is 1.68. The summed E-state index contributed by atoms with van der Waals surface area (Å²) in [5.41, 5.74) is 1.96. The number of thioether (sulfide) groups is 1. The van der Waals surface area contributed by atoms with Gasteiger partial charge in [0.05, 0.1) is 11.3 Å². The maximum atomic E-state index is 12.7. The van der Waals surface area contributed by atoms with Gasteiger partial charge in [-0.2, -0.15) is 4.98 Å². The van der Waals surface area contributed by atoms with Gasteiger partial charge in [0.15, 0.2) is 5.82 Å². The fourth-order valence-electron chi connectivity index (χ4n) is 2.72. The summed E-state index contributed by atoms with van der Waals surface area (Å²) in [7, 11) is 0. The summed E-state index contributed by atoms with van der Waals surface area (Å²) in [6.45, 7) is 3.80. The van der Waals surface area contributed by atoms with E-state index in [0.29, 0.717) is 23.0 Å². The number of benzene rings is 2. The maximum absolute atomic E-state index is 12.7. The normalized spacial score (nSPS) is 11.9. The first-order valence-electron chi connectivity index (χ1n) is 8.97. The van der Waals surface area contributed by atoms with Crippen molar-refractivity contribution in [3.05, 3.63) is 77.4 Å². The minimum absolute atomic E-state index is 0.0528. The third-order valence-corrected chi connectivity index (χ3v) is 5.21. The number of amides is 1. The number of carbonyl (C=O) groups is 1. The van der Waals surface area contributed by atoms with E-state index in [0.717, 1.165) is 17.7 Å². The molecule has 3 aromatic rings. The van der Waals surface area contributed by atoms with Crippen molar-refractivity contribution in [2.45, 2.75) is 43.4 Å². The van der Waals surface area contributed by atoms with Crippen LogP contribution in [-0.4, -0.2) is 22.1 Å². The summed E-state index contributed by atoms with van der Waals surface area (Å²) in [6, 6.07) is 18.0. The van der Waals surface area contributed by atoms with Crippen molar-refractivity contribution in [3.63, 3.8) is 0 Å². The van der Waals surface area contributed by atoms with Gasteiger partial charge in [-0.3, -0.25) is 4.79 Å². The van der Waals surface area contributed by atoms with Gasteiger partial charge >= 0.3 is 0 Å². The largest absolute Gasteiger partial charge is 0.350 e. The lowest BCUT2D eigenvalue weighted by Gasteiger charge is -2.15. The molecule has 1 amide bonds. The molecule has 0 spiro atoms. The second kappa shape index (κ2) is 9.37. The number of aryl methyl sites for hydroxylation is 2. The third-order valence-electron chi connectivity index (χ3n) is 4.14. The van der Waals surface area contributed by atoms with Crippen molar-refractivity contribution >= 4 is 17.7 Å². The summed E-state index contributed by atoms with van der Waals surface area (Å²) in [6.07, 6.45) is 1.84. The molecule has 0 radical (unpaired) electrons. The molecule has 0 fully saturated rings. The Kier molecular flexibility index (Phi) is 6.65. The van der Waals surface area contributed by atoms with Crippen LogP contribution in [-0.2, 0) is 12.2 Å². The van der Waals surface area contributed by atoms with Gasteiger partial charge in [0.25, 0.3) is 5.91 Å². The quantitative estimate of drug-likeness (QED) is 0.585. The van der Waals surface area contributed by atoms with E-state index < -0.39 is 0 Å². The molecule has 0 saturated heterocycles. The van der Waals surface area contributed by atoms with Crippen LogP contribution in [0.2, 0.25) is 0 Å². The van der Waals surface area contributed by atoms with E-state index in [1.165, 1.54) is 17.3 Å².